The van der Waals surface area contributed by atoms with Crippen molar-refractivity contribution in [3.8, 4) is 0 Å². The molecule has 1 unspecified atom stereocenters. The molecule has 0 saturated carbocycles. The number of hydrogen-bond donors (Lipinski definition) is 1. The van der Waals surface area contributed by atoms with Gasteiger partial charge in [-0.25, -0.2) is 4.98 Å². The lowest BCUT2D eigenvalue weighted by Crippen LogP contribution is -2.30. The number of nitrogens with two attached hydrogens (primary N) is 1. The topological polar surface area (TPSA) is 43.8 Å². The van der Waals surface area contributed by atoms with Gasteiger partial charge in [0.25, 0.3) is 0 Å². The molecule has 5 heteroatoms. The maximum absolute atomic E-state index is 5.89. The fraction of sp³-hybridized carbons (Fsp3) is 0.571. The zero-order chi connectivity index (χ0) is 8.72. The average Bonchev–Trinajstić information content (AvgIpc) is 2.28. The predicted octanol–water partition coefficient (Wildman–Crippen LogP) is 1.57. The van der Waals surface area contributed by atoms with Crippen molar-refractivity contribution >= 4 is 27.5 Å². The number of rotatable bonds is 0. The van der Waals surface area contributed by atoms with Gasteiger partial charge in [-0.1, -0.05) is 0 Å². The van der Waals surface area contributed by atoms with Crippen LogP contribution in [0, 0.1) is 0 Å². The van der Waals surface area contributed by atoms with E-state index in [1.54, 1.807) is 0 Å². The van der Waals surface area contributed by atoms with Crippen LogP contribution < -0.4 is 5.73 Å². The Kier molecular flexibility index (Phi) is 2.14. The lowest BCUT2D eigenvalue weighted by molar-refractivity contribution is 0.471. The van der Waals surface area contributed by atoms with Gasteiger partial charge in [0.2, 0.25) is 5.28 Å². The molecule has 1 aromatic heterocycles. The Hall–Kier alpha value is -0.0600. The zero-order valence-electron chi connectivity index (χ0n) is 6.43. The molecule has 0 amide bonds. The van der Waals surface area contributed by atoms with Gasteiger partial charge in [0.15, 0.2) is 0 Å². The Morgan fingerprint density at radius 1 is 1.67 bits per heavy atom. The quantitative estimate of drug-likeness (QED) is 0.760. The van der Waals surface area contributed by atoms with E-state index >= 15 is 0 Å². The minimum atomic E-state index is 0.251. The summed E-state index contributed by atoms with van der Waals surface area (Å²) in [6, 6.07) is 0.251. The summed E-state index contributed by atoms with van der Waals surface area (Å²) in [7, 11) is 0. The van der Waals surface area contributed by atoms with Crippen LogP contribution in [0.5, 0.6) is 0 Å². The lowest BCUT2D eigenvalue weighted by atomic mass is 10.1. The first-order valence-electron chi connectivity index (χ1n) is 3.84. The Labute approximate surface area is 84.0 Å². The number of nitrogens with zero attached hydrogens (tertiary/aromatic N) is 2. The van der Waals surface area contributed by atoms with Crippen LogP contribution >= 0.6 is 27.5 Å². The summed E-state index contributed by atoms with van der Waals surface area (Å²) in [6.07, 6.45) is 1.84. The second-order valence-electron chi connectivity index (χ2n) is 3.02. The van der Waals surface area contributed by atoms with Gasteiger partial charge < -0.3 is 10.3 Å². The minimum Gasteiger partial charge on any atom is -0.327 e. The molecule has 12 heavy (non-hydrogen) atoms. The van der Waals surface area contributed by atoms with Crippen LogP contribution in [0.1, 0.15) is 12.1 Å². The van der Waals surface area contributed by atoms with Gasteiger partial charge in [0.1, 0.15) is 4.60 Å². The van der Waals surface area contributed by atoms with Gasteiger partial charge in [-0.3, -0.25) is 0 Å². The third kappa shape index (κ3) is 1.28. The average molecular weight is 251 g/mol. The standard InChI is InChI=1S/C7H9BrClN3/c8-6-5-3-4(10)1-2-12(5)7(9)11-6/h4H,1-3,10H2. The summed E-state index contributed by atoms with van der Waals surface area (Å²) >= 11 is 9.25. The van der Waals surface area contributed by atoms with Crippen molar-refractivity contribution in [2.75, 3.05) is 0 Å². The molecule has 0 spiro atoms. The third-order valence-electron chi connectivity index (χ3n) is 2.16. The molecule has 0 fully saturated rings. The molecular weight excluding hydrogens is 241 g/mol. The molecule has 1 aliphatic rings. The fourth-order valence-electron chi connectivity index (χ4n) is 1.50. The fourth-order valence-corrected chi connectivity index (χ4v) is 2.41. The molecule has 2 N–H and O–H groups in total. The maximum Gasteiger partial charge on any atom is 0.204 e. The molecule has 3 nitrogen and oxygen atoms in total. The van der Waals surface area contributed by atoms with Crippen molar-refractivity contribution in [3.05, 3.63) is 15.6 Å². The van der Waals surface area contributed by atoms with Crippen molar-refractivity contribution in [2.24, 2.45) is 5.73 Å². The number of halogens is 2. The summed E-state index contributed by atoms with van der Waals surface area (Å²) in [5.41, 5.74) is 6.95. The lowest BCUT2D eigenvalue weighted by Gasteiger charge is -2.20. The number of hydrogen-bond acceptors (Lipinski definition) is 2. The highest BCUT2D eigenvalue weighted by atomic mass is 79.9. The van der Waals surface area contributed by atoms with E-state index in [0.717, 1.165) is 29.7 Å². The first kappa shape index (κ1) is 8.53. The molecular formula is C7H9BrClN3. The van der Waals surface area contributed by atoms with E-state index in [0.29, 0.717) is 5.28 Å². The molecule has 1 aromatic rings. The van der Waals surface area contributed by atoms with E-state index in [2.05, 4.69) is 20.9 Å². The molecule has 0 aromatic carbocycles. The Morgan fingerprint density at radius 2 is 2.42 bits per heavy atom. The second-order valence-corrected chi connectivity index (χ2v) is 4.11. The highest BCUT2D eigenvalue weighted by molar-refractivity contribution is 9.10. The van der Waals surface area contributed by atoms with Crippen LogP contribution in [0.15, 0.2) is 4.60 Å². The molecule has 66 valence electrons. The summed E-state index contributed by atoms with van der Waals surface area (Å²) in [4.78, 5) is 4.12. The van der Waals surface area contributed by atoms with E-state index < -0.39 is 0 Å². The van der Waals surface area contributed by atoms with Crippen molar-refractivity contribution in [3.63, 3.8) is 0 Å². The monoisotopic (exact) mass is 249 g/mol. The SMILES string of the molecule is NC1CCn2c(Cl)nc(Br)c2C1. The van der Waals surface area contributed by atoms with E-state index in [-0.39, 0.29) is 6.04 Å². The normalized spacial score (nSPS) is 22.4. The van der Waals surface area contributed by atoms with Gasteiger partial charge in [-0.2, -0.15) is 0 Å². The molecule has 2 rings (SSSR count). The van der Waals surface area contributed by atoms with Crippen molar-refractivity contribution in [2.45, 2.75) is 25.4 Å². The third-order valence-corrected chi connectivity index (χ3v) is 3.08. The van der Waals surface area contributed by atoms with Crippen LogP contribution in [0.2, 0.25) is 5.28 Å². The van der Waals surface area contributed by atoms with E-state index in [4.69, 9.17) is 17.3 Å². The molecule has 1 aliphatic heterocycles. The van der Waals surface area contributed by atoms with Gasteiger partial charge in [0.05, 0.1) is 5.69 Å². The molecule has 0 radical (unpaired) electrons. The number of imidazole rings is 1. The number of aromatic nitrogens is 2. The second kappa shape index (κ2) is 3.01. The van der Waals surface area contributed by atoms with E-state index in [1.807, 2.05) is 4.57 Å². The van der Waals surface area contributed by atoms with E-state index in [9.17, 15) is 0 Å². The molecule has 2 heterocycles. The van der Waals surface area contributed by atoms with Gasteiger partial charge in [0, 0.05) is 19.0 Å². The largest absolute Gasteiger partial charge is 0.327 e. The van der Waals surface area contributed by atoms with E-state index in [1.165, 1.54) is 0 Å². The predicted molar refractivity (Wildman–Crippen MR) is 51.2 cm³/mol. The summed E-state index contributed by atoms with van der Waals surface area (Å²) in [5, 5.41) is 0.559. The van der Waals surface area contributed by atoms with Crippen molar-refractivity contribution in [1.29, 1.82) is 0 Å². The van der Waals surface area contributed by atoms with Gasteiger partial charge in [-0.15, -0.1) is 0 Å². The maximum atomic E-state index is 5.89. The summed E-state index contributed by atoms with van der Waals surface area (Å²) < 4.78 is 2.84. The van der Waals surface area contributed by atoms with Gasteiger partial charge >= 0.3 is 0 Å². The molecule has 0 saturated heterocycles. The summed E-state index contributed by atoms with van der Waals surface area (Å²) in [6.45, 7) is 0.883. The first-order valence-corrected chi connectivity index (χ1v) is 5.01. The van der Waals surface area contributed by atoms with Crippen molar-refractivity contribution in [1.82, 2.24) is 9.55 Å². The van der Waals surface area contributed by atoms with Crippen LogP contribution in [0.4, 0.5) is 0 Å². The van der Waals surface area contributed by atoms with Crippen LogP contribution in [0.25, 0.3) is 0 Å². The smallest absolute Gasteiger partial charge is 0.204 e. The zero-order valence-corrected chi connectivity index (χ0v) is 8.77. The minimum absolute atomic E-state index is 0.251. The highest BCUT2D eigenvalue weighted by Gasteiger charge is 2.21. The Morgan fingerprint density at radius 3 is 3.17 bits per heavy atom. The molecule has 0 bridgehead atoms. The highest BCUT2D eigenvalue weighted by Crippen LogP contribution is 2.26. The van der Waals surface area contributed by atoms with Crippen LogP contribution in [-0.2, 0) is 13.0 Å². The first-order chi connectivity index (χ1) is 5.68. The molecule has 0 aliphatic carbocycles. The van der Waals surface area contributed by atoms with Crippen molar-refractivity contribution < 1.29 is 0 Å². The number of fused-ring (bicyclic) bond motifs is 1. The molecule has 1 atom stereocenters. The Balaban J connectivity index is 2.45. The van der Waals surface area contributed by atoms with Crippen LogP contribution in [0.3, 0.4) is 0 Å². The van der Waals surface area contributed by atoms with Crippen LogP contribution in [-0.4, -0.2) is 15.6 Å². The Bertz CT molecular complexity index is 310. The van der Waals surface area contributed by atoms with Gasteiger partial charge in [-0.05, 0) is 34.0 Å². The summed E-state index contributed by atoms with van der Waals surface area (Å²) in [5.74, 6) is 0.